The largest absolute Gasteiger partial charge is 0.504 e. The summed E-state index contributed by atoms with van der Waals surface area (Å²) in [4.78, 5) is 0. The van der Waals surface area contributed by atoms with Gasteiger partial charge in [0.15, 0.2) is 6.66 Å². The zero-order chi connectivity index (χ0) is 5.70. The molecule has 0 saturated heterocycles. The normalized spacial score (nSPS) is 11.4. The molecular formula is C3H8O2PS+. The SMILES string of the molecule is C[P+](=O)OCCS. The minimum atomic E-state index is -1.41. The summed E-state index contributed by atoms with van der Waals surface area (Å²) in [6.45, 7) is 2.01. The molecule has 0 radical (unpaired) electrons. The van der Waals surface area contributed by atoms with Gasteiger partial charge in [-0.2, -0.15) is 12.6 Å². The van der Waals surface area contributed by atoms with E-state index in [0.29, 0.717) is 12.4 Å². The van der Waals surface area contributed by atoms with Crippen LogP contribution in [0.2, 0.25) is 0 Å². The third-order valence-electron chi connectivity index (χ3n) is 0.364. The Morgan fingerprint density at radius 3 is 2.57 bits per heavy atom. The van der Waals surface area contributed by atoms with Crippen molar-refractivity contribution in [3.8, 4) is 0 Å². The fourth-order valence-electron chi connectivity index (χ4n) is 0.169. The number of rotatable bonds is 3. The van der Waals surface area contributed by atoms with Gasteiger partial charge in [-0.15, -0.1) is 4.52 Å². The Hall–Kier alpha value is 0.410. The summed E-state index contributed by atoms with van der Waals surface area (Å²) in [5, 5.41) is 0. The van der Waals surface area contributed by atoms with E-state index in [2.05, 4.69) is 17.2 Å². The second-order valence-corrected chi connectivity index (χ2v) is 2.58. The van der Waals surface area contributed by atoms with Crippen LogP contribution < -0.4 is 0 Å². The Morgan fingerprint density at radius 2 is 2.43 bits per heavy atom. The summed E-state index contributed by atoms with van der Waals surface area (Å²) in [5.41, 5.74) is 0. The second kappa shape index (κ2) is 4.57. The van der Waals surface area contributed by atoms with Crippen molar-refractivity contribution in [1.82, 2.24) is 0 Å². The van der Waals surface area contributed by atoms with Crippen LogP contribution in [0, 0.1) is 0 Å². The molecule has 2 nitrogen and oxygen atoms in total. The van der Waals surface area contributed by atoms with Gasteiger partial charge in [-0.1, -0.05) is 0 Å². The van der Waals surface area contributed by atoms with Gasteiger partial charge in [-0.3, -0.25) is 0 Å². The summed E-state index contributed by atoms with van der Waals surface area (Å²) < 4.78 is 14.7. The van der Waals surface area contributed by atoms with Gasteiger partial charge in [0, 0.05) is 5.75 Å². The van der Waals surface area contributed by atoms with Gasteiger partial charge < -0.3 is 0 Å². The molecule has 0 heterocycles. The van der Waals surface area contributed by atoms with Crippen LogP contribution in [-0.4, -0.2) is 19.0 Å². The van der Waals surface area contributed by atoms with Gasteiger partial charge in [0.2, 0.25) is 0 Å². The molecule has 0 aliphatic rings. The molecule has 0 fully saturated rings. The lowest BCUT2D eigenvalue weighted by Gasteiger charge is -1.78. The maximum Gasteiger partial charge on any atom is 0.504 e. The predicted molar refractivity (Wildman–Crippen MR) is 33.3 cm³/mol. The molecular weight excluding hydrogens is 131 g/mol. The van der Waals surface area contributed by atoms with Crippen LogP contribution in [-0.2, 0) is 9.09 Å². The van der Waals surface area contributed by atoms with E-state index in [1.54, 1.807) is 0 Å². The second-order valence-electron chi connectivity index (χ2n) is 0.997. The maximum atomic E-state index is 10.1. The van der Waals surface area contributed by atoms with Gasteiger partial charge >= 0.3 is 8.03 Å². The van der Waals surface area contributed by atoms with E-state index in [4.69, 9.17) is 0 Å². The first-order chi connectivity index (χ1) is 3.27. The lowest BCUT2D eigenvalue weighted by molar-refractivity contribution is 0.358. The number of thiol groups is 1. The summed E-state index contributed by atoms with van der Waals surface area (Å²) in [6.07, 6.45) is 0. The average molecular weight is 139 g/mol. The average Bonchev–Trinajstić information content (AvgIpc) is 1.61. The van der Waals surface area contributed by atoms with Gasteiger partial charge in [-0.25, -0.2) is 0 Å². The molecule has 0 aromatic rings. The first kappa shape index (κ1) is 7.41. The molecule has 0 N–H and O–H groups in total. The number of hydrogen-bond acceptors (Lipinski definition) is 3. The fourth-order valence-corrected chi connectivity index (χ4v) is 0.753. The Balaban J connectivity index is 2.82. The van der Waals surface area contributed by atoms with Crippen molar-refractivity contribution in [3.05, 3.63) is 0 Å². The zero-order valence-electron chi connectivity index (χ0n) is 4.13. The third-order valence-corrected chi connectivity index (χ3v) is 1.09. The zero-order valence-corrected chi connectivity index (χ0v) is 5.91. The summed E-state index contributed by atoms with van der Waals surface area (Å²) >= 11 is 3.84. The molecule has 0 aromatic heterocycles. The van der Waals surface area contributed by atoms with Crippen molar-refractivity contribution in [2.24, 2.45) is 0 Å². The molecule has 1 atom stereocenters. The molecule has 0 aromatic carbocycles. The van der Waals surface area contributed by atoms with Gasteiger partial charge in [0.1, 0.15) is 6.61 Å². The van der Waals surface area contributed by atoms with Crippen molar-refractivity contribution in [3.63, 3.8) is 0 Å². The van der Waals surface area contributed by atoms with Crippen molar-refractivity contribution in [1.29, 1.82) is 0 Å². The van der Waals surface area contributed by atoms with Crippen LogP contribution in [0.3, 0.4) is 0 Å². The Bertz CT molecular complexity index is 66.0. The van der Waals surface area contributed by atoms with E-state index in [1.807, 2.05) is 0 Å². The Morgan fingerprint density at radius 1 is 1.86 bits per heavy atom. The van der Waals surface area contributed by atoms with Crippen molar-refractivity contribution < 1.29 is 9.09 Å². The fraction of sp³-hybridized carbons (Fsp3) is 1.00. The molecule has 0 rings (SSSR count). The van der Waals surface area contributed by atoms with Crippen LogP contribution in [0.5, 0.6) is 0 Å². The molecule has 42 valence electrons. The van der Waals surface area contributed by atoms with Crippen molar-refractivity contribution in [2.75, 3.05) is 19.0 Å². The van der Waals surface area contributed by atoms with Gasteiger partial charge in [-0.05, 0) is 4.57 Å². The van der Waals surface area contributed by atoms with E-state index in [9.17, 15) is 4.57 Å². The summed E-state index contributed by atoms with van der Waals surface area (Å²) in [5.74, 6) is 0.634. The molecule has 0 bridgehead atoms. The van der Waals surface area contributed by atoms with Gasteiger partial charge in [0.25, 0.3) is 0 Å². The van der Waals surface area contributed by atoms with E-state index in [-0.39, 0.29) is 0 Å². The van der Waals surface area contributed by atoms with Crippen LogP contribution in [0.25, 0.3) is 0 Å². The standard InChI is InChI=1S/C3H7O2PS/c1-6(4)5-2-3-7/h2-3H2,1H3/p+1. The van der Waals surface area contributed by atoms with Crippen molar-refractivity contribution in [2.45, 2.75) is 0 Å². The quantitative estimate of drug-likeness (QED) is 0.471. The highest BCUT2D eigenvalue weighted by molar-refractivity contribution is 7.80. The van der Waals surface area contributed by atoms with Crippen LogP contribution in [0.1, 0.15) is 0 Å². The highest BCUT2D eigenvalue weighted by Crippen LogP contribution is 2.13. The van der Waals surface area contributed by atoms with E-state index >= 15 is 0 Å². The van der Waals surface area contributed by atoms with Gasteiger partial charge in [0.05, 0.1) is 0 Å². The van der Waals surface area contributed by atoms with E-state index < -0.39 is 8.03 Å². The topological polar surface area (TPSA) is 26.3 Å². The Labute approximate surface area is 49.5 Å². The van der Waals surface area contributed by atoms with E-state index in [0.717, 1.165) is 0 Å². The first-order valence-electron chi connectivity index (χ1n) is 1.92. The number of hydrogen-bond donors (Lipinski definition) is 1. The lowest BCUT2D eigenvalue weighted by Crippen LogP contribution is -1.84. The highest BCUT2D eigenvalue weighted by atomic mass is 32.1. The lowest BCUT2D eigenvalue weighted by atomic mass is 10.9. The predicted octanol–water partition coefficient (Wildman–Crippen LogP) is 1.30. The van der Waals surface area contributed by atoms with Crippen LogP contribution >= 0.6 is 20.7 Å². The maximum absolute atomic E-state index is 10.1. The van der Waals surface area contributed by atoms with E-state index in [1.165, 1.54) is 6.66 Å². The third kappa shape index (κ3) is 6.41. The molecule has 0 saturated carbocycles. The highest BCUT2D eigenvalue weighted by Gasteiger charge is 2.02. The molecule has 0 aliphatic carbocycles. The molecule has 0 amide bonds. The smallest absolute Gasteiger partial charge is 0.177 e. The molecule has 0 spiro atoms. The van der Waals surface area contributed by atoms with Crippen LogP contribution in [0.15, 0.2) is 0 Å². The first-order valence-corrected chi connectivity index (χ1v) is 4.17. The molecule has 1 unspecified atom stereocenters. The van der Waals surface area contributed by atoms with Crippen molar-refractivity contribution >= 4 is 20.7 Å². The minimum Gasteiger partial charge on any atom is -0.177 e. The summed E-state index contributed by atoms with van der Waals surface area (Å²) in [7, 11) is -1.41. The summed E-state index contributed by atoms with van der Waals surface area (Å²) in [6, 6.07) is 0. The minimum absolute atomic E-state index is 0.481. The molecule has 0 aliphatic heterocycles. The monoisotopic (exact) mass is 139 g/mol. The Kier molecular flexibility index (Phi) is 4.83. The molecule has 7 heavy (non-hydrogen) atoms. The van der Waals surface area contributed by atoms with Crippen LogP contribution in [0.4, 0.5) is 0 Å². The molecule has 4 heteroatoms.